The highest BCUT2D eigenvalue weighted by Crippen LogP contribution is 2.05. The summed E-state index contributed by atoms with van der Waals surface area (Å²) in [5, 5.41) is 0. The molecule has 0 aromatic heterocycles. The van der Waals surface area contributed by atoms with Gasteiger partial charge in [0, 0.05) is 6.08 Å². The number of hydrogen-bond donors (Lipinski definition) is 0. The van der Waals surface area contributed by atoms with Crippen molar-refractivity contribution in [3.05, 3.63) is 37.0 Å². The zero-order valence-electron chi connectivity index (χ0n) is 11.3. The molecule has 0 aromatic rings. The Hall–Kier alpha value is -1.35. The summed E-state index contributed by atoms with van der Waals surface area (Å²) in [4.78, 5) is 18.5. The van der Waals surface area contributed by atoms with Crippen molar-refractivity contribution in [1.29, 1.82) is 0 Å². The lowest BCUT2D eigenvalue weighted by atomic mass is 10.4. The molecule has 0 fully saturated rings. The third-order valence-corrected chi connectivity index (χ3v) is 2.24. The summed E-state index contributed by atoms with van der Waals surface area (Å²) in [7, 11) is 0. The van der Waals surface area contributed by atoms with Gasteiger partial charge < -0.3 is 0 Å². The van der Waals surface area contributed by atoms with E-state index in [2.05, 4.69) is 40.7 Å². The molecule has 3 nitrogen and oxygen atoms in total. The monoisotopic (exact) mass is 252 g/mol. The van der Waals surface area contributed by atoms with Crippen molar-refractivity contribution < 1.29 is 14.6 Å². The fourth-order valence-corrected chi connectivity index (χ4v) is 1.33. The van der Waals surface area contributed by atoms with E-state index in [9.17, 15) is 4.79 Å². The molecule has 2 aliphatic rings. The van der Waals surface area contributed by atoms with Gasteiger partial charge in [-0.2, -0.15) is 4.89 Å². The third-order valence-electron chi connectivity index (χ3n) is 2.24. The van der Waals surface area contributed by atoms with Crippen LogP contribution >= 0.6 is 0 Å². The van der Waals surface area contributed by atoms with Crippen LogP contribution in [0.2, 0.25) is 0 Å². The average Bonchev–Trinajstić information content (AvgIpc) is 3.12. The highest BCUT2D eigenvalue weighted by molar-refractivity contribution is 5.80. The first-order valence-electron chi connectivity index (χ1n) is 6.57. The molecule has 0 aromatic carbocycles. The van der Waals surface area contributed by atoms with Crippen molar-refractivity contribution in [3.63, 3.8) is 0 Å². The molecule has 18 heavy (non-hydrogen) atoms. The van der Waals surface area contributed by atoms with Crippen LogP contribution < -0.4 is 0 Å². The molecule has 0 unspecified atom stereocenters. The second-order valence-corrected chi connectivity index (χ2v) is 3.82. The maximum Gasteiger partial charge on any atom is 0.365 e. The number of carbonyl (C=O) groups is 1. The quantitative estimate of drug-likeness (QED) is 0.328. The molecular formula is C15H24O3. The highest BCUT2D eigenvalue weighted by atomic mass is 17.2. The summed E-state index contributed by atoms with van der Waals surface area (Å²) in [6.07, 6.45) is 18.0. The number of carbonyl (C=O) groups excluding carboxylic acids is 1. The lowest BCUT2D eigenvalue weighted by Crippen LogP contribution is -2.00. The summed E-state index contributed by atoms with van der Waals surface area (Å²) in [5.74, 6) is -0.563. The largest absolute Gasteiger partial charge is 0.365 e. The Kier molecular flexibility index (Phi) is 12.7. The highest BCUT2D eigenvalue weighted by Gasteiger charge is 1.91. The summed E-state index contributed by atoms with van der Waals surface area (Å²) < 4.78 is 0. The van der Waals surface area contributed by atoms with E-state index in [4.69, 9.17) is 0 Å². The first-order valence-corrected chi connectivity index (χ1v) is 6.57. The van der Waals surface area contributed by atoms with Crippen LogP contribution in [0, 0.1) is 0 Å². The van der Waals surface area contributed by atoms with Crippen molar-refractivity contribution in [2.75, 3.05) is 6.61 Å². The molecular weight excluding hydrogens is 228 g/mol. The number of allylic oxidation sites excluding steroid dienone is 4. The van der Waals surface area contributed by atoms with Gasteiger partial charge in [-0.25, -0.2) is 4.79 Å². The number of hydrogen-bond acceptors (Lipinski definition) is 3. The van der Waals surface area contributed by atoms with Crippen molar-refractivity contribution in [2.45, 2.75) is 45.4 Å². The standard InChI is InChI=1S/C5H8O3.2C5H8/c1-3-5(6)8-7-4-2;2*1-2-4-5-3-1/h3H,1,4H2,2H3;2*1-2H,3-5H2. The van der Waals surface area contributed by atoms with E-state index in [1.54, 1.807) is 6.92 Å². The first-order chi connectivity index (χ1) is 8.81. The van der Waals surface area contributed by atoms with Crippen molar-refractivity contribution in [2.24, 2.45) is 0 Å². The van der Waals surface area contributed by atoms with Gasteiger partial charge in [0.2, 0.25) is 0 Å². The molecule has 0 aliphatic heterocycles. The van der Waals surface area contributed by atoms with Crippen LogP contribution in [0.4, 0.5) is 0 Å². The van der Waals surface area contributed by atoms with E-state index in [1.807, 2.05) is 0 Å². The second kappa shape index (κ2) is 13.7. The Bertz CT molecular complexity index is 239. The van der Waals surface area contributed by atoms with Crippen LogP contribution in [0.1, 0.15) is 45.4 Å². The normalized spacial score (nSPS) is 15.2. The van der Waals surface area contributed by atoms with Gasteiger partial charge in [0.15, 0.2) is 0 Å². The molecule has 0 bridgehead atoms. The molecule has 2 rings (SSSR count). The Labute approximate surface area is 110 Å². The van der Waals surface area contributed by atoms with Crippen molar-refractivity contribution in [3.8, 4) is 0 Å². The molecule has 0 amide bonds. The lowest BCUT2D eigenvalue weighted by Gasteiger charge is -1.93. The zero-order chi connectivity index (χ0) is 13.5. The van der Waals surface area contributed by atoms with Gasteiger partial charge >= 0.3 is 5.97 Å². The molecule has 0 saturated heterocycles. The fourth-order valence-electron chi connectivity index (χ4n) is 1.33. The molecule has 102 valence electrons. The van der Waals surface area contributed by atoms with Crippen LogP contribution in [-0.2, 0) is 14.6 Å². The van der Waals surface area contributed by atoms with Crippen molar-refractivity contribution in [1.82, 2.24) is 0 Å². The molecule has 3 heteroatoms. The topological polar surface area (TPSA) is 35.5 Å². The maximum absolute atomic E-state index is 10.1. The summed E-state index contributed by atoms with van der Waals surface area (Å²) >= 11 is 0. The van der Waals surface area contributed by atoms with E-state index in [-0.39, 0.29) is 0 Å². The van der Waals surface area contributed by atoms with Crippen LogP contribution in [0.25, 0.3) is 0 Å². The van der Waals surface area contributed by atoms with Gasteiger partial charge in [-0.1, -0.05) is 30.9 Å². The second-order valence-electron chi connectivity index (χ2n) is 3.82. The minimum Gasteiger partial charge on any atom is -0.294 e. The van der Waals surface area contributed by atoms with E-state index in [1.165, 1.54) is 38.5 Å². The van der Waals surface area contributed by atoms with Gasteiger partial charge in [0.05, 0.1) is 6.61 Å². The first kappa shape index (κ1) is 16.6. The maximum atomic E-state index is 10.1. The summed E-state index contributed by atoms with van der Waals surface area (Å²) in [6, 6.07) is 0. The smallest absolute Gasteiger partial charge is 0.294 e. The molecule has 0 heterocycles. The molecule has 2 aliphatic carbocycles. The Morgan fingerprint density at radius 3 is 1.78 bits per heavy atom. The van der Waals surface area contributed by atoms with Crippen molar-refractivity contribution >= 4 is 5.97 Å². The van der Waals surface area contributed by atoms with E-state index in [0.717, 1.165) is 6.08 Å². The molecule has 0 atom stereocenters. The van der Waals surface area contributed by atoms with Crippen LogP contribution in [0.15, 0.2) is 37.0 Å². The molecule has 0 spiro atoms. The van der Waals surface area contributed by atoms with E-state index < -0.39 is 5.97 Å². The predicted octanol–water partition coefficient (Wildman–Crippen LogP) is 4.12. The Morgan fingerprint density at radius 2 is 1.56 bits per heavy atom. The van der Waals surface area contributed by atoms with Gasteiger partial charge in [-0.05, 0) is 45.4 Å². The van der Waals surface area contributed by atoms with E-state index >= 15 is 0 Å². The third kappa shape index (κ3) is 12.7. The van der Waals surface area contributed by atoms with Gasteiger partial charge in [0.25, 0.3) is 0 Å². The Morgan fingerprint density at radius 1 is 1.11 bits per heavy atom. The van der Waals surface area contributed by atoms with Gasteiger partial charge in [-0.3, -0.25) is 4.89 Å². The molecule has 0 radical (unpaired) electrons. The average molecular weight is 252 g/mol. The number of rotatable bonds is 3. The summed E-state index contributed by atoms with van der Waals surface area (Å²) in [5.41, 5.74) is 0. The predicted molar refractivity (Wildman–Crippen MR) is 73.9 cm³/mol. The zero-order valence-corrected chi connectivity index (χ0v) is 11.3. The van der Waals surface area contributed by atoms with Gasteiger partial charge in [0.1, 0.15) is 0 Å². The minimum absolute atomic E-state index is 0.361. The Balaban J connectivity index is 0.000000250. The van der Waals surface area contributed by atoms with Gasteiger partial charge in [-0.15, -0.1) is 0 Å². The SMILES string of the molecule is C1=CCCC1.C1=CCCC1.C=CC(=O)OOCC. The van der Waals surface area contributed by atoms with Crippen LogP contribution in [-0.4, -0.2) is 12.6 Å². The molecule has 0 N–H and O–H groups in total. The minimum atomic E-state index is -0.563. The summed E-state index contributed by atoms with van der Waals surface area (Å²) in [6.45, 7) is 5.24. The lowest BCUT2D eigenvalue weighted by molar-refractivity contribution is -0.264. The van der Waals surface area contributed by atoms with E-state index in [0.29, 0.717) is 6.61 Å². The van der Waals surface area contributed by atoms with Crippen LogP contribution in [0.3, 0.4) is 0 Å². The fraction of sp³-hybridized carbons (Fsp3) is 0.533. The van der Waals surface area contributed by atoms with Crippen LogP contribution in [0.5, 0.6) is 0 Å². The molecule has 0 saturated carbocycles.